The number of nitrogens with one attached hydrogen (secondary N) is 1. The van der Waals surface area contributed by atoms with E-state index in [1.807, 2.05) is 17.5 Å². The van der Waals surface area contributed by atoms with Gasteiger partial charge in [-0.2, -0.15) is 0 Å². The summed E-state index contributed by atoms with van der Waals surface area (Å²) < 4.78 is 18.2. The summed E-state index contributed by atoms with van der Waals surface area (Å²) in [5, 5.41) is 4.69. The van der Waals surface area contributed by atoms with Crippen molar-refractivity contribution in [1.82, 2.24) is 5.32 Å². The van der Waals surface area contributed by atoms with Crippen LogP contribution in [0.2, 0.25) is 0 Å². The number of carbonyl (C=O) groups is 1. The van der Waals surface area contributed by atoms with Crippen LogP contribution in [-0.2, 0) is 11.2 Å². The molecule has 1 amide bonds. The Bertz CT molecular complexity index is 528. The van der Waals surface area contributed by atoms with Crippen molar-refractivity contribution < 1.29 is 13.9 Å². The van der Waals surface area contributed by atoms with E-state index < -0.39 is 0 Å². The van der Waals surface area contributed by atoms with Crippen LogP contribution in [-0.4, -0.2) is 19.1 Å². The molecule has 0 saturated carbocycles. The smallest absolute Gasteiger partial charge is 0.225 e. The first-order chi connectivity index (χ1) is 9.24. The molecule has 1 aromatic carbocycles. The monoisotopic (exact) mass is 279 g/mol. The van der Waals surface area contributed by atoms with Gasteiger partial charge < -0.3 is 10.1 Å². The Kier molecular flexibility index (Phi) is 4.92. The molecule has 0 aliphatic carbocycles. The molecule has 0 atom stereocenters. The van der Waals surface area contributed by atoms with Crippen LogP contribution < -0.4 is 10.1 Å². The van der Waals surface area contributed by atoms with Gasteiger partial charge in [-0.25, -0.2) is 4.39 Å². The normalized spacial score (nSPS) is 10.2. The molecule has 5 heteroatoms. The van der Waals surface area contributed by atoms with E-state index in [1.165, 1.54) is 12.1 Å². The fourth-order valence-corrected chi connectivity index (χ4v) is 2.25. The van der Waals surface area contributed by atoms with Crippen LogP contribution in [0.4, 0.5) is 4.39 Å². The van der Waals surface area contributed by atoms with E-state index in [0.717, 1.165) is 4.88 Å². The van der Waals surface area contributed by atoms with Gasteiger partial charge in [-0.05, 0) is 23.6 Å². The Morgan fingerprint density at radius 3 is 2.95 bits per heavy atom. The highest BCUT2D eigenvalue weighted by molar-refractivity contribution is 7.10. The van der Waals surface area contributed by atoms with Gasteiger partial charge in [0.2, 0.25) is 5.91 Å². The molecule has 0 spiro atoms. The summed E-state index contributed by atoms with van der Waals surface area (Å²) in [6.07, 6.45) is 0.387. The second-order valence-electron chi connectivity index (χ2n) is 3.91. The number of hydrogen-bond donors (Lipinski definition) is 1. The third-order valence-corrected chi connectivity index (χ3v) is 3.28. The third-order valence-electron chi connectivity index (χ3n) is 2.40. The van der Waals surface area contributed by atoms with Crippen molar-refractivity contribution >= 4 is 17.2 Å². The molecule has 0 bridgehead atoms. The Balaban J connectivity index is 1.65. The molecule has 2 rings (SSSR count). The minimum Gasteiger partial charge on any atom is -0.492 e. The number of carbonyl (C=O) groups excluding carboxylic acids is 1. The summed E-state index contributed by atoms with van der Waals surface area (Å²) in [7, 11) is 0. The van der Waals surface area contributed by atoms with E-state index in [2.05, 4.69) is 5.32 Å². The summed E-state index contributed by atoms with van der Waals surface area (Å²) in [6.45, 7) is 0.723. The van der Waals surface area contributed by atoms with Crippen molar-refractivity contribution in [2.24, 2.45) is 0 Å². The largest absolute Gasteiger partial charge is 0.492 e. The van der Waals surface area contributed by atoms with Gasteiger partial charge in [0.1, 0.15) is 18.2 Å². The molecule has 1 aromatic heterocycles. The number of ether oxygens (including phenoxy) is 1. The van der Waals surface area contributed by atoms with Gasteiger partial charge in [-0.3, -0.25) is 4.79 Å². The molecular weight excluding hydrogens is 265 g/mol. The van der Waals surface area contributed by atoms with Crippen LogP contribution in [0.25, 0.3) is 0 Å². The van der Waals surface area contributed by atoms with Gasteiger partial charge in [-0.15, -0.1) is 11.3 Å². The Labute approximate surface area is 115 Å². The number of rotatable bonds is 6. The molecule has 0 unspecified atom stereocenters. The fraction of sp³-hybridized carbons (Fsp3) is 0.214. The lowest BCUT2D eigenvalue weighted by molar-refractivity contribution is -0.120. The van der Waals surface area contributed by atoms with Gasteiger partial charge in [0.25, 0.3) is 0 Å². The van der Waals surface area contributed by atoms with Crippen LogP contribution in [0.5, 0.6) is 5.75 Å². The standard InChI is InChI=1S/C14H14FNO2S/c15-11-3-1-4-12(9-11)18-7-6-16-14(17)10-13-5-2-8-19-13/h1-5,8-9H,6-7,10H2,(H,16,17). The van der Waals surface area contributed by atoms with E-state index in [9.17, 15) is 9.18 Å². The molecule has 19 heavy (non-hydrogen) atoms. The zero-order valence-electron chi connectivity index (χ0n) is 10.3. The number of amides is 1. The number of benzene rings is 1. The maximum absolute atomic E-state index is 12.9. The first-order valence-electron chi connectivity index (χ1n) is 5.91. The van der Waals surface area contributed by atoms with Gasteiger partial charge in [0.05, 0.1) is 13.0 Å². The average Bonchev–Trinajstić information content (AvgIpc) is 2.87. The molecular formula is C14H14FNO2S. The maximum Gasteiger partial charge on any atom is 0.225 e. The predicted octanol–water partition coefficient (Wildman–Crippen LogP) is 2.62. The highest BCUT2D eigenvalue weighted by atomic mass is 32.1. The van der Waals surface area contributed by atoms with E-state index in [4.69, 9.17) is 4.74 Å². The lowest BCUT2D eigenvalue weighted by atomic mass is 10.3. The quantitative estimate of drug-likeness (QED) is 0.826. The molecule has 2 aromatic rings. The molecule has 1 heterocycles. The highest BCUT2D eigenvalue weighted by Crippen LogP contribution is 2.11. The van der Waals surface area contributed by atoms with Crippen molar-refractivity contribution in [1.29, 1.82) is 0 Å². The summed E-state index contributed by atoms with van der Waals surface area (Å²) in [6, 6.07) is 9.77. The minimum atomic E-state index is -0.334. The van der Waals surface area contributed by atoms with Crippen LogP contribution in [0.1, 0.15) is 4.88 Å². The summed E-state index contributed by atoms with van der Waals surface area (Å²) in [4.78, 5) is 12.6. The lowest BCUT2D eigenvalue weighted by Gasteiger charge is -2.07. The Morgan fingerprint density at radius 1 is 1.32 bits per heavy atom. The Hall–Kier alpha value is -1.88. The first kappa shape index (κ1) is 13.5. The molecule has 0 radical (unpaired) electrons. The number of thiophene rings is 1. The van der Waals surface area contributed by atoms with E-state index in [-0.39, 0.29) is 11.7 Å². The average molecular weight is 279 g/mol. The summed E-state index contributed by atoms with van der Waals surface area (Å²) >= 11 is 1.56. The second kappa shape index (κ2) is 6.89. The number of hydrogen-bond acceptors (Lipinski definition) is 3. The summed E-state index contributed by atoms with van der Waals surface area (Å²) in [5.74, 6) is 0.0945. The van der Waals surface area contributed by atoms with E-state index in [0.29, 0.717) is 25.3 Å². The van der Waals surface area contributed by atoms with Crippen LogP contribution in [0.15, 0.2) is 41.8 Å². The third kappa shape index (κ3) is 4.71. The molecule has 0 fully saturated rings. The molecule has 100 valence electrons. The molecule has 1 N–H and O–H groups in total. The highest BCUT2D eigenvalue weighted by Gasteiger charge is 2.03. The molecule has 3 nitrogen and oxygen atoms in total. The predicted molar refractivity (Wildman–Crippen MR) is 72.9 cm³/mol. The van der Waals surface area contributed by atoms with Crippen LogP contribution in [0, 0.1) is 5.82 Å². The van der Waals surface area contributed by atoms with Gasteiger partial charge >= 0.3 is 0 Å². The first-order valence-corrected chi connectivity index (χ1v) is 6.79. The molecule has 0 saturated heterocycles. The topological polar surface area (TPSA) is 38.3 Å². The lowest BCUT2D eigenvalue weighted by Crippen LogP contribution is -2.29. The molecule has 0 aliphatic heterocycles. The number of halogens is 1. The second-order valence-corrected chi connectivity index (χ2v) is 4.94. The zero-order chi connectivity index (χ0) is 13.5. The van der Waals surface area contributed by atoms with Crippen molar-refractivity contribution in [3.05, 3.63) is 52.5 Å². The SMILES string of the molecule is O=C(Cc1cccs1)NCCOc1cccc(F)c1. The van der Waals surface area contributed by atoms with Crippen molar-refractivity contribution in [2.75, 3.05) is 13.2 Å². The molecule has 0 aliphatic rings. The van der Waals surface area contributed by atoms with Crippen LogP contribution >= 0.6 is 11.3 Å². The van der Waals surface area contributed by atoms with Crippen molar-refractivity contribution in [2.45, 2.75) is 6.42 Å². The van der Waals surface area contributed by atoms with Crippen molar-refractivity contribution in [3.8, 4) is 5.75 Å². The Morgan fingerprint density at radius 2 is 2.21 bits per heavy atom. The summed E-state index contributed by atoms with van der Waals surface area (Å²) in [5.41, 5.74) is 0. The van der Waals surface area contributed by atoms with Crippen molar-refractivity contribution in [3.63, 3.8) is 0 Å². The van der Waals surface area contributed by atoms with E-state index in [1.54, 1.807) is 23.5 Å². The van der Waals surface area contributed by atoms with Gasteiger partial charge in [0.15, 0.2) is 0 Å². The van der Waals surface area contributed by atoms with Crippen LogP contribution in [0.3, 0.4) is 0 Å². The van der Waals surface area contributed by atoms with E-state index >= 15 is 0 Å². The zero-order valence-corrected chi connectivity index (χ0v) is 11.1. The minimum absolute atomic E-state index is 0.0368. The maximum atomic E-state index is 12.9. The fourth-order valence-electron chi connectivity index (χ4n) is 1.55. The van der Waals surface area contributed by atoms with Gasteiger partial charge in [0, 0.05) is 10.9 Å². The van der Waals surface area contributed by atoms with Gasteiger partial charge in [-0.1, -0.05) is 12.1 Å².